The van der Waals surface area contributed by atoms with Crippen LogP contribution in [0.25, 0.3) is 11.5 Å². The molecule has 138 valence electrons. The standard InChI is InChI=1S/C20H18N2O5/c1-13-17(22-19(27-13)14-5-3-2-4-6-14)11-12-26-16-9-7-15(8-10-16)21-18(23)20(24)25/h2-10H,11-12H2,1H3,(H,21,23)(H,24,25). The Hall–Kier alpha value is -3.61. The Morgan fingerprint density at radius 1 is 1.11 bits per heavy atom. The Morgan fingerprint density at radius 2 is 1.81 bits per heavy atom. The summed E-state index contributed by atoms with van der Waals surface area (Å²) in [7, 11) is 0. The first-order chi connectivity index (χ1) is 13.0. The minimum Gasteiger partial charge on any atom is -0.493 e. The number of rotatable bonds is 6. The van der Waals surface area contributed by atoms with E-state index in [9.17, 15) is 9.59 Å². The highest BCUT2D eigenvalue weighted by Gasteiger charge is 2.12. The van der Waals surface area contributed by atoms with Gasteiger partial charge in [0.1, 0.15) is 11.5 Å². The molecule has 0 radical (unpaired) electrons. The van der Waals surface area contributed by atoms with E-state index >= 15 is 0 Å². The van der Waals surface area contributed by atoms with Crippen molar-refractivity contribution in [3.63, 3.8) is 0 Å². The molecule has 0 saturated carbocycles. The molecule has 7 heteroatoms. The van der Waals surface area contributed by atoms with Crippen LogP contribution in [-0.4, -0.2) is 28.6 Å². The van der Waals surface area contributed by atoms with E-state index < -0.39 is 11.9 Å². The van der Waals surface area contributed by atoms with Crippen LogP contribution < -0.4 is 10.1 Å². The van der Waals surface area contributed by atoms with Crippen LogP contribution in [0.3, 0.4) is 0 Å². The average Bonchev–Trinajstić information content (AvgIpc) is 3.04. The van der Waals surface area contributed by atoms with Crippen molar-refractivity contribution in [1.29, 1.82) is 0 Å². The van der Waals surface area contributed by atoms with Crippen molar-refractivity contribution in [2.75, 3.05) is 11.9 Å². The summed E-state index contributed by atoms with van der Waals surface area (Å²) in [6.07, 6.45) is 0.583. The van der Waals surface area contributed by atoms with Gasteiger partial charge in [0.15, 0.2) is 0 Å². The van der Waals surface area contributed by atoms with Crippen molar-refractivity contribution >= 4 is 17.6 Å². The van der Waals surface area contributed by atoms with Crippen LogP contribution >= 0.6 is 0 Å². The Labute approximate surface area is 155 Å². The molecule has 0 unspecified atom stereocenters. The zero-order chi connectivity index (χ0) is 19.2. The molecule has 0 saturated heterocycles. The second-order valence-corrected chi connectivity index (χ2v) is 5.77. The van der Waals surface area contributed by atoms with Gasteiger partial charge in [0.2, 0.25) is 5.89 Å². The van der Waals surface area contributed by atoms with Gasteiger partial charge in [0, 0.05) is 17.7 Å². The molecule has 1 heterocycles. The molecule has 0 atom stereocenters. The number of carbonyl (C=O) groups is 2. The molecule has 0 aliphatic heterocycles. The maximum atomic E-state index is 11.1. The smallest absolute Gasteiger partial charge is 0.394 e. The van der Waals surface area contributed by atoms with Gasteiger partial charge in [-0.15, -0.1) is 0 Å². The maximum absolute atomic E-state index is 11.1. The second kappa shape index (κ2) is 8.18. The zero-order valence-electron chi connectivity index (χ0n) is 14.6. The first-order valence-electron chi connectivity index (χ1n) is 8.32. The summed E-state index contributed by atoms with van der Waals surface area (Å²) in [5.41, 5.74) is 2.14. The number of anilines is 1. The molecule has 1 amide bonds. The van der Waals surface area contributed by atoms with E-state index in [0.29, 0.717) is 30.4 Å². The molecular formula is C20H18N2O5. The number of carbonyl (C=O) groups excluding carboxylic acids is 1. The summed E-state index contributed by atoms with van der Waals surface area (Å²) in [5.74, 6) is -0.675. The lowest BCUT2D eigenvalue weighted by atomic mass is 10.2. The van der Waals surface area contributed by atoms with E-state index in [2.05, 4.69) is 10.3 Å². The summed E-state index contributed by atoms with van der Waals surface area (Å²) >= 11 is 0. The SMILES string of the molecule is Cc1oc(-c2ccccc2)nc1CCOc1ccc(NC(=O)C(=O)O)cc1. The molecular weight excluding hydrogens is 348 g/mol. The van der Waals surface area contributed by atoms with Gasteiger partial charge in [0.05, 0.1) is 12.3 Å². The number of nitrogens with one attached hydrogen (secondary N) is 1. The summed E-state index contributed by atoms with van der Waals surface area (Å²) < 4.78 is 11.4. The summed E-state index contributed by atoms with van der Waals surface area (Å²) in [4.78, 5) is 26.1. The fraction of sp³-hybridized carbons (Fsp3) is 0.150. The molecule has 7 nitrogen and oxygen atoms in total. The number of oxazole rings is 1. The van der Waals surface area contributed by atoms with Crippen molar-refractivity contribution in [2.24, 2.45) is 0 Å². The quantitative estimate of drug-likeness (QED) is 0.649. The van der Waals surface area contributed by atoms with Crippen molar-refractivity contribution in [3.05, 3.63) is 66.1 Å². The van der Waals surface area contributed by atoms with Crippen LogP contribution in [0.15, 0.2) is 59.0 Å². The molecule has 2 N–H and O–H groups in total. The molecule has 0 aliphatic carbocycles. The highest BCUT2D eigenvalue weighted by atomic mass is 16.5. The molecule has 27 heavy (non-hydrogen) atoms. The number of aryl methyl sites for hydroxylation is 1. The van der Waals surface area contributed by atoms with Gasteiger partial charge >= 0.3 is 11.9 Å². The normalized spacial score (nSPS) is 10.4. The number of aromatic nitrogens is 1. The summed E-state index contributed by atoms with van der Waals surface area (Å²) in [6.45, 7) is 2.27. The number of hydrogen-bond donors (Lipinski definition) is 2. The van der Waals surface area contributed by atoms with Crippen molar-refractivity contribution in [2.45, 2.75) is 13.3 Å². The second-order valence-electron chi connectivity index (χ2n) is 5.77. The van der Waals surface area contributed by atoms with E-state index in [4.69, 9.17) is 14.3 Å². The van der Waals surface area contributed by atoms with Gasteiger partial charge in [-0.2, -0.15) is 0 Å². The van der Waals surface area contributed by atoms with Gasteiger partial charge < -0.3 is 19.6 Å². The molecule has 1 aromatic heterocycles. The number of hydrogen-bond acceptors (Lipinski definition) is 5. The van der Waals surface area contributed by atoms with Gasteiger partial charge in [-0.1, -0.05) is 18.2 Å². The van der Waals surface area contributed by atoms with Crippen molar-refractivity contribution < 1.29 is 23.8 Å². The fourth-order valence-corrected chi connectivity index (χ4v) is 2.45. The number of benzene rings is 2. The van der Waals surface area contributed by atoms with Crippen molar-refractivity contribution in [3.8, 4) is 17.2 Å². The van der Waals surface area contributed by atoms with Crippen LogP contribution in [0.4, 0.5) is 5.69 Å². The molecule has 3 rings (SSSR count). The molecule has 3 aromatic rings. The number of aliphatic carboxylic acids is 1. The number of carboxylic acid groups (broad SMARTS) is 1. The fourth-order valence-electron chi connectivity index (χ4n) is 2.45. The van der Waals surface area contributed by atoms with E-state index in [1.54, 1.807) is 24.3 Å². The van der Waals surface area contributed by atoms with E-state index in [1.807, 2.05) is 37.3 Å². The lowest BCUT2D eigenvalue weighted by Gasteiger charge is -2.07. The highest BCUT2D eigenvalue weighted by molar-refractivity contribution is 6.36. The summed E-state index contributed by atoms with van der Waals surface area (Å²) in [5, 5.41) is 10.8. The van der Waals surface area contributed by atoms with E-state index in [1.165, 1.54) is 0 Å². The number of carboxylic acids is 1. The Balaban J connectivity index is 1.55. The van der Waals surface area contributed by atoms with Gasteiger partial charge in [-0.25, -0.2) is 9.78 Å². The van der Waals surface area contributed by atoms with Crippen LogP contribution in [0.1, 0.15) is 11.5 Å². The van der Waals surface area contributed by atoms with Crippen LogP contribution in [0.2, 0.25) is 0 Å². The maximum Gasteiger partial charge on any atom is 0.394 e. The Kier molecular flexibility index (Phi) is 5.51. The molecule has 2 aromatic carbocycles. The molecule has 0 aliphatic rings. The van der Waals surface area contributed by atoms with Gasteiger partial charge in [-0.3, -0.25) is 4.79 Å². The van der Waals surface area contributed by atoms with Crippen LogP contribution in [-0.2, 0) is 16.0 Å². The lowest BCUT2D eigenvalue weighted by Crippen LogP contribution is -2.21. The third kappa shape index (κ3) is 4.72. The highest BCUT2D eigenvalue weighted by Crippen LogP contribution is 2.22. The first-order valence-corrected chi connectivity index (χ1v) is 8.32. The van der Waals surface area contributed by atoms with Gasteiger partial charge in [0.25, 0.3) is 0 Å². The van der Waals surface area contributed by atoms with E-state index in [-0.39, 0.29) is 0 Å². The average molecular weight is 366 g/mol. The molecule has 0 bridgehead atoms. The minimum atomic E-state index is -1.53. The monoisotopic (exact) mass is 366 g/mol. The zero-order valence-corrected chi connectivity index (χ0v) is 14.6. The Morgan fingerprint density at radius 3 is 2.48 bits per heavy atom. The lowest BCUT2D eigenvalue weighted by molar-refractivity contribution is -0.147. The largest absolute Gasteiger partial charge is 0.493 e. The first kappa shape index (κ1) is 18.2. The van der Waals surface area contributed by atoms with Crippen LogP contribution in [0, 0.1) is 6.92 Å². The Bertz CT molecular complexity index is 933. The molecule has 0 fully saturated rings. The van der Waals surface area contributed by atoms with Crippen LogP contribution in [0.5, 0.6) is 5.75 Å². The third-order valence-electron chi connectivity index (χ3n) is 3.83. The predicted octanol–water partition coefficient (Wildman–Crippen LogP) is 3.29. The minimum absolute atomic E-state index is 0.384. The number of ether oxygens (including phenoxy) is 1. The molecule has 0 spiro atoms. The summed E-state index contributed by atoms with van der Waals surface area (Å²) in [6, 6.07) is 16.1. The third-order valence-corrected chi connectivity index (χ3v) is 3.83. The number of nitrogens with zero attached hydrogens (tertiary/aromatic N) is 1. The predicted molar refractivity (Wildman–Crippen MR) is 98.6 cm³/mol. The topological polar surface area (TPSA) is 102 Å². The number of amides is 1. The van der Waals surface area contributed by atoms with Crippen molar-refractivity contribution in [1.82, 2.24) is 4.98 Å². The van der Waals surface area contributed by atoms with E-state index in [0.717, 1.165) is 17.0 Å². The van der Waals surface area contributed by atoms with Gasteiger partial charge in [-0.05, 0) is 43.3 Å².